The van der Waals surface area contributed by atoms with E-state index in [1.54, 1.807) is 6.21 Å². The first-order valence-corrected chi connectivity index (χ1v) is 7.20. The average molecular weight is 292 g/mol. The van der Waals surface area contributed by atoms with Gasteiger partial charge in [-0.1, -0.05) is 54.1 Å². The molecule has 2 aromatic rings. The maximum Gasteiger partial charge on any atom is 0.271 e. The fourth-order valence-electron chi connectivity index (χ4n) is 2.17. The highest BCUT2D eigenvalue weighted by atomic mass is 16.2. The molecule has 0 aliphatic heterocycles. The van der Waals surface area contributed by atoms with Gasteiger partial charge in [0, 0.05) is 5.56 Å². The van der Waals surface area contributed by atoms with Crippen LogP contribution in [-0.4, -0.2) is 12.1 Å². The van der Waals surface area contributed by atoms with Gasteiger partial charge in [0.1, 0.15) is 0 Å². The fourth-order valence-corrected chi connectivity index (χ4v) is 2.17. The standard InChI is InChI=1S/C19H20N2O/c1-14-9-10-18(16(3)11-14)19(22)21-20-13-15(2)12-17-7-5-4-6-8-17/h4-13H,1-3H3,(H,21,22)/b15-12+,20-13-. The molecule has 3 nitrogen and oxygen atoms in total. The Hall–Kier alpha value is -2.68. The summed E-state index contributed by atoms with van der Waals surface area (Å²) in [5, 5.41) is 4.01. The lowest BCUT2D eigenvalue weighted by atomic mass is 10.1. The molecule has 0 aromatic heterocycles. The van der Waals surface area contributed by atoms with Crippen LogP contribution in [0.5, 0.6) is 0 Å². The van der Waals surface area contributed by atoms with Crippen molar-refractivity contribution in [2.75, 3.05) is 0 Å². The highest BCUT2D eigenvalue weighted by Gasteiger charge is 2.07. The SMILES string of the molecule is CC(/C=N\NC(=O)c1ccc(C)cc1C)=C\c1ccccc1. The van der Waals surface area contributed by atoms with Crippen LogP contribution in [0.2, 0.25) is 0 Å². The number of nitrogens with one attached hydrogen (secondary N) is 1. The van der Waals surface area contributed by atoms with Crippen LogP contribution in [-0.2, 0) is 0 Å². The number of amides is 1. The smallest absolute Gasteiger partial charge is 0.267 e. The molecule has 0 aliphatic rings. The zero-order valence-corrected chi connectivity index (χ0v) is 13.1. The quantitative estimate of drug-likeness (QED) is 0.668. The monoisotopic (exact) mass is 292 g/mol. The number of carbonyl (C=O) groups excluding carboxylic acids is 1. The number of rotatable bonds is 4. The van der Waals surface area contributed by atoms with Crippen LogP contribution in [0.4, 0.5) is 0 Å². The summed E-state index contributed by atoms with van der Waals surface area (Å²) in [5.74, 6) is -0.193. The van der Waals surface area contributed by atoms with Gasteiger partial charge in [-0.2, -0.15) is 5.10 Å². The minimum Gasteiger partial charge on any atom is -0.267 e. The van der Waals surface area contributed by atoms with Crippen molar-refractivity contribution in [1.29, 1.82) is 0 Å². The zero-order chi connectivity index (χ0) is 15.9. The predicted molar refractivity (Wildman–Crippen MR) is 92.0 cm³/mol. The van der Waals surface area contributed by atoms with E-state index in [0.29, 0.717) is 5.56 Å². The van der Waals surface area contributed by atoms with Gasteiger partial charge in [0.05, 0.1) is 6.21 Å². The number of aryl methyl sites for hydroxylation is 2. The molecule has 1 N–H and O–H groups in total. The van der Waals surface area contributed by atoms with E-state index in [1.807, 2.05) is 75.4 Å². The van der Waals surface area contributed by atoms with Crippen LogP contribution in [0.25, 0.3) is 6.08 Å². The largest absolute Gasteiger partial charge is 0.271 e. The Morgan fingerprint density at radius 2 is 1.82 bits per heavy atom. The number of hydrogen-bond donors (Lipinski definition) is 1. The molecule has 2 aromatic carbocycles. The molecule has 0 spiro atoms. The summed E-state index contributed by atoms with van der Waals surface area (Å²) in [7, 11) is 0. The van der Waals surface area contributed by atoms with Crippen molar-refractivity contribution in [3.05, 3.63) is 76.4 Å². The summed E-state index contributed by atoms with van der Waals surface area (Å²) in [6.07, 6.45) is 3.65. The molecule has 2 rings (SSSR count). The molecule has 1 amide bonds. The van der Waals surface area contributed by atoms with Crippen LogP contribution in [0.1, 0.15) is 34.0 Å². The number of hydrogen-bond acceptors (Lipinski definition) is 2. The maximum absolute atomic E-state index is 12.1. The van der Waals surface area contributed by atoms with Gasteiger partial charge in [0.25, 0.3) is 5.91 Å². The summed E-state index contributed by atoms with van der Waals surface area (Å²) >= 11 is 0. The Morgan fingerprint density at radius 1 is 1.09 bits per heavy atom. The van der Waals surface area contributed by atoms with Crippen molar-refractivity contribution < 1.29 is 4.79 Å². The Labute approximate surface area is 131 Å². The number of allylic oxidation sites excluding steroid dienone is 1. The molecule has 0 radical (unpaired) electrons. The van der Waals surface area contributed by atoms with E-state index in [9.17, 15) is 4.79 Å². The minimum absolute atomic E-state index is 0.193. The summed E-state index contributed by atoms with van der Waals surface area (Å²) in [5.41, 5.74) is 7.37. The van der Waals surface area contributed by atoms with Gasteiger partial charge in [-0.25, -0.2) is 5.43 Å². The summed E-state index contributed by atoms with van der Waals surface area (Å²) in [4.78, 5) is 12.1. The normalized spacial score (nSPS) is 11.7. The second-order valence-electron chi connectivity index (χ2n) is 5.32. The van der Waals surface area contributed by atoms with Crippen molar-refractivity contribution in [3.8, 4) is 0 Å². The molecule has 22 heavy (non-hydrogen) atoms. The highest BCUT2D eigenvalue weighted by molar-refractivity contribution is 5.96. The third-order valence-electron chi connectivity index (χ3n) is 3.25. The Morgan fingerprint density at radius 3 is 2.50 bits per heavy atom. The molecule has 0 heterocycles. The van der Waals surface area contributed by atoms with Crippen LogP contribution in [0.15, 0.2) is 59.2 Å². The topological polar surface area (TPSA) is 41.5 Å². The lowest BCUT2D eigenvalue weighted by molar-refractivity contribution is 0.0954. The lowest BCUT2D eigenvalue weighted by Crippen LogP contribution is -2.18. The van der Waals surface area contributed by atoms with Gasteiger partial charge in [-0.05, 0) is 43.5 Å². The molecule has 0 aliphatic carbocycles. The minimum atomic E-state index is -0.193. The molecule has 0 fully saturated rings. The number of nitrogens with zero attached hydrogens (tertiary/aromatic N) is 1. The second-order valence-corrected chi connectivity index (χ2v) is 5.32. The summed E-state index contributed by atoms with van der Waals surface area (Å²) in [6, 6.07) is 15.7. The van der Waals surface area contributed by atoms with E-state index >= 15 is 0 Å². The Balaban J connectivity index is 2.00. The average Bonchev–Trinajstić information content (AvgIpc) is 2.48. The van der Waals surface area contributed by atoms with Crippen LogP contribution in [0.3, 0.4) is 0 Å². The van der Waals surface area contributed by atoms with E-state index in [2.05, 4.69) is 10.5 Å². The molecule has 3 heteroatoms. The molecule has 0 atom stereocenters. The maximum atomic E-state index is 12.1. The van der Waals surface area contributed by atoms with Gasteiger partial charge in [0.15, 0.2) is 0 Å². The molecule has 0 saturated carbocycles. The lowest BCUT2D eigenvalue weighted by Gasteiger charge is -2.04. The van der Waals surface area contributed by atoms with Gasteiger partial charge in [-0.3, -0.25) is 4.79 Å². The molecular weight excluding hydrogens is 272 g/mol. The molecular formula is C19H20N2O. The van der Waals surface area contributed by atoms with E-state index in [-0.39, 0.29) is 5.91 Å². The second kappa shape index (κ2) is 7.36. The predicted octanol–water partition coefficient (Wildman–Crippen LogP) is 4.12. The molecule has 0 bridgehead atoms. The molecule has 0 saturated heterocycles. The molecule has 112 valence electrons. The van der Waals surface area contributed by atoms with Gasteiger partial charge < -0.3 is 0 Å². The zero-order valence-electron chi connectivity index (χ0n) is 13.1. The first-order valence-electron chi connectivity index (χ1n) is 7.20. The van der Waals surface area contributed by atoms with E-state index < -0.39 is 0 Å². The van der Waals surface area contributed by atoms with Crippen LogP contribution in [0, 0.1) is 13.8 Å². The van der Waals surface area contributed by atoms with E-state index in [1.165, 1.54) is 0 Å². The van der Waals surface area contributed by atoms with Crippen molar-refractivity contribution >= 4 is 18.2 Å². The first-order chi connectivity index (χ1) is 10.6. The molecule has 0 unspecified atom stereocenters. The van der Waals surface area contributed by atoms with Gasteiger partial charge >= 0.3 is 0 Å². The third kappa shape index (κ3) is 4.42. The van der Waals surface area contributed by atoms with Gasteiger partial charge in [-0.15, -0.1) is 0 Å². The van der Waals surface area contributed by atoms with Crippen molar-refractivity contribution in [2.24, 2.45) is 5.10 Å². The van der Waals surface area contributed by atoms with Gasteiger partial charge in [0.2, 0.25) is 0 Å². The van der Waals surface area contributed by atoms with Crippen LogP contribution < -0.4 is 5.43 Å². The van der Waals surface area contributed by atoms with Crippen molar-refractivity contribution in [1.82, 2.24) is 5.43 Å². The van der Waals surface area contributed by atoms with Crippen LogP contribution >= 0.6 is 0 Å². The van der Waals surface area contributed by atoms with Crippen molar-refractivity contribution in [3.63, 3.8) is 0 Å². The Bertz CT molecular complexity index is 715. The fraction of sp³-hybridized carbons (Fsp3) is 0.158. The number of hydrazone groups is 1. The summed E-state index contributed by atoms with van der Waals surface area (Å²) in [6.45, 7) is 5.87. The third-order valence-corrected chi connectivity index (χ3v) is 3.25. The Kier molecular flexibility index (Phi) is 5.26. The number of benzene rings is 2. The highest BCUT2D eigenvalue weighted by Crippen LogP contribution is 2.10. The van der Waals surface area contributed by atoms with E-state index in [0.717, 1.165) is 22.3 Å². The van der Waals surface area contributed by atoms with E-state index in [4.69, 9.17) is 0 Å². The first kappa shape index (κ1) is 15.7. The van der Waals surface area contributed by atoms with Crippen molar-refractivity contribution in [2.45, 2.75) is 20.8 Å². The number of carbonyl (C=O) groups is 1. The summed E-state index contributed by atoms with van der Waals surface area (Å²) < 4.78 is 0.